The van der Waals surface area contributed by atoms with Crippen LogP contribution >= 0.6 is 0 Å². The van der Waals surface area contributed by atoms with Crippen molar-refractivity contribution in [1.82, 2.24) is 0 Å². The van der Waals surface area contributed by atoms with Crippen LogP contribution in [0.2, 0.25) is 0 Å². The number of hydrogen-bond acceptors (Lipinski definition) is 5. The molecule has 1 unspecified atom stereocenters. The first-order valence-corrected chi connectivity index (χ1v) is 8.34. The molecule has 0 saturated heterocycles. The SMILES string of the molecule is CCOC(=O)C(C)Oc1ccc(C(=O)Nc2cc(C)ccc2OC)cc1. The molecule has 1 N–H and O–H groups in total. The van der Waals surface area contributed by atoms with Crippen LogP contribution < -0.4 is 14.8 Å². The highest BCUT2D eigenvalue weighted by atomic mass is 16.6. The number of benzene rings is 2. The molecule has 6 nitrogen and oxygen atoms in total. The summed E-state index contributed by atoms with van der Waals surface area (Å²) in [5, 5.41) is 2.83. The van der Waals surface area contributed by atoms with Crippen LogP contribution in [-0.4, -0.2) is 31.7 Å². The fraction of sp³-hybridized carbons (Fsp3) is 0.300. The van der Waals surface area contributed by atoms with Crippen molar-refractivity contribution in [2.75, 3.05) is 19.0 Å². The number of carbonyl (C=O) groups excluding carboxylic acids is 2. The molecule has 2 aromatic carbocycles. The number of anilines is 1. The van der Waals surface area contributed by atoms with Gasteiger partial charge in [0.25, 0.3) is 5.91 Å². The molecule has 0 aliphatic heterocycles. The Morgan fingerprint density at radius 1 is 1.12 bits per heavy atom. The summed E-state index contributed by atoms with van der Waals surface area (Å²) in [6, 6.07) is 12.1. The van der Waals surface area contributed by atoms with Gasteiger partial charge in [0.1, 0.15) is 11.5 Å². The van der Waals surface area contributed by atoms with Crippen LogP contribution in [-0.2, 0) is 9.53 Å². The maximum atomic E-state index is 12.4. The number of amides is 1. The van der Waals surface area contributed by atoms with E-state index in [2.05, 4.69) is 5.32 Å². The molecule has 26 heavy (non-hydrogen) atoms. The van der Waals surface area contributed by atoms with Crippen molar-refractivity contribution in [1.29, 1.82) is 0 Å². The molecule has 0 aliphatic carbocycles. The summed E-state index contributed by atoms with van der Waals surface area (Å²) in [5.74, 6) is 0.377. The standard InChI is InChI=1S/C20H23NO5/c1-5-25-20(23)14(3)26-16-9-7-15(8-10-16)19(22)21-17-12-13(2)6-11-18(17)24-4/h6-12,14H,5H2,1-4H3,(H,21,22). The fourth-order valence-electron chi connectivity index (χ4n) is 2.31. The molecule has 0 heterocycles. The van der Waals surface area contributed by atoms with E-state index in [0.717, 1.165) is 5.56 Å². The molecule has 138 valence electrons. The minimum Gasteiger partial charge on any atom is -0.495 e. The van der Waals surface area contributed by atoms with Crippen molar-refractivity contribution in [3.8, 4) is 11.5 Å². The first-order chi connectivity index (χ1) is 12.4. The second-order valence-corrected chi connectivity index (χ2v) is 5.69. The number of ether oxygens (including phenoxy) is 3. The Morgan fingerprint density at radius 3 is 2.42 bits per heavy atom. The number of rotatable bonds is 7. The lowest BCUT2D eigenvalue weighted by molar-refractivity contribution is -0.150. The first-order valence-electron chi connectivity index (χ1n) is 8.34. The van der Waals surface area contributed by atoms with E-state index in [-0.39, 0.29) is 5.91 Å². The number of hydrogen-bond donors (Lipinski definition) is 1. The van der Waals surface area contributed by atoms with Gasteiger partial charge in [0.2, 0.25) is 0 Å². The van der Waals surface area contributed by atoms with Gasteiger partial charge in [-0.25, -0.2) is 4.79 Å². The number of methoxy groups -OCH3 is 1. The van der Waals surface area contributed by atoms with Gasteiger partial charge >= 0.3 is 5.97 Å². The van der Waals surface area contributed by atoms with Crippen molar-refractivity contribution in [3.05, 3.63) is 53.6 Å². The highest BCUT2D eigenvalue weighted by molar-refractivity contribution is 6.05. The van der Waals surface area contributed by atoms with E-state index in [0.29, 0.717) is 29.4 Å². The lowest BCUT2D eigenvalue weighted by Crippen LogP contribution is -2.26. The molecule has 1 atom stereocenters. The Labute approximate surface area is 153 Å². The molecule has 0 spiro atoms. The maximum Gasteiger partial charge on any atom is 0.347 e. The van der Waals surface area contributed by atoms with Crippen LogP contribution in [0.3, 0.4) is 0 Å². The van der Waals surface area contributed by atoms with Crippen molar-refractivity contribution in [2.24, 2.45) is 0 Å². The highest BCUT2D eigenvalue weighted by Gasteiger charge is 2.16. The Balaban J connectivity index is 2.05. The second kappa shape index (κ2) is 8.89. The van der Waals surface area contributed by atoms with E-state index >= 15 is 0 Å². The zero-order chi connectivity index (χ0) is 19.1. The molecule has 2 rings (SSSR count). The van der Waals surface area contributed by atoms with Crippen LogP contribution in [0.15, 0.2) is 42.5 Å². The van der Waals surface area contributed by atoms with Crippen molar-refractivity contribution in [2.45, 2.75) is 26.9 Å². The summed E-state index contributed by atoms with van der Waals surface area (Å²) in [4.78, 5) is 24.0. The third kappa shape index (κ3) is 4.99. The predicted molar refractivity (Wildman–Crippen MR) is 98.8 cm³/mol. The average molecular weight is 357 g/mol. The van der Waals surface area contributed by atoms with Crippen molar-refractivity contribution >= 4 is 17.6 Å². The summed E-state index contributed by atoms with van der Waals surface area (Å²) in [7, 11) is 1.55. The average Bonchev–Trinajstić information content (AvgIpc) is 2.62. The number of carbonyl (C=O) groups is 2. The van der Waals surface area contributed by atoms with E-state index in [1.54, 1.807) is 51.3 Å². The molecule has 6 heteroatoms. The molecular weight excluding hydrogens is 334 g/mol. The predicted octanol–water partition coefficient (Wildman–Crippen LogP) is 3.59. The topological polar surface area (TPSA) is 73.9 Å². The monoisotopic (exact) mass is 357 g/mol. The van der Waals surface area contributed by atoms with E-state index in [9.17, 15) is 9.59 Å². The van der Waals surface area contributed by atoms with Crippen LogP contribution in [0.25, 0.3) is 0 Å². The first kappa shape index (κ1) is 19.3. The molecular formula is C20H23NO5. The Hall–Kier alpha value is -3.02. The quantitative estimate of drug-likeness (QED) is 0.767. The Kier molecular flexibility index (Phi) is 6.60. The normalized spacial score (nSPS) is 11.4. The van der Waals surface area contributed by atoms with Gasteiger partial charge < -0.3 is 19.5 Å². The molecule has 0 aromatic heterocycles. The van der Waals surface area contributed by atoms with Crippen LogP contribution in [0.5, 0.6) is 11.5 Å². The smallest absolute Gasteiger partial charge is 0.347 e. The third-order valence-electron chi connectivity index (χ3n) is 3.65. The summed E-state index contributed by atoms with van der Waals surface area (Å²) in [6.45, 7) is 5.59. The molecule has 0 saturated carbocycles. The van der Waals surface area contributed by atoms with Crippen molar-refractivity contribution in [3.63, 3.8) is 0 Å². The van der Waals surface area contributed by atoms with E-state index < -0.39 is 12.1 Å². The fourth-order valence-corrected chi connectivity index (χ4v) is 2.31. The van der Waals surface area contributed by atoms with Crippen LogP contribution in [0.1, 0.15) is 29.8 Å². The van der Waals surface area contributed by atoms with Crippen LogP contribution in [0, 0.1) is 6.92 Å². The zero-order valence-corrected chi connectivity index (χ0v) is 15.4. The lowest BCUT2D eigenvalue weighted by atomic mass is 10.1. The van der Waals surface area contributed by atoms with Gasteiger partial charge in [-0.15, -0.1) is 0 Å². The summed E-state index contributed by atoms with van der Waals surface area (Å²) in [6.07, 6.45) is -0.716. The molecule has 0 bridgehead atoms. The van der Waals surface area contributed by atoms with E-state index in [1.807, 2.05) is 19.1 Å². The van der Waals surface area contributed by atoms with Crippen molar-refractivity contribution < 1.29 is 23.8 Å². The van der Waals surface area contributed by atoms with E-state index in [1.165, 1.54) is 0 Å². The molecule has 0 aliphatic rings. The molecule has 2 aromatic rings. The number of esters is 1. The highest BCUT2D eigenvalue weighted by Crippen LogP contribution is 2.26. The van der Waals surface area contributed by atoms with Gasteiger partial charge in [-0.3, -0.25) is 4.79 Å². The van der Waals surface area contributed by atoms with Gasteiger partial charge in [0, 0.05) is 5.56 Å². The van der Waals surface area contributed by atoms with Gasteiger partial charge in [-0.05, 0) is 62.7 Å². The summed E-state index contributed by atoms with van der Waals surface area (Å²) < 4.78 is 15.7. The summed E-state index contributed by atoms with van der Waals surface area (Å²) >= 11 is 0. The number of aryl methyl sites for hydroxylation is 1. The van der Waals surface area contributed by atoms with Gasteiger partial charge in [-0.1, -0.05) is 6.07 Å². The second-order valence-electron chi connectivity index (χ2n) is 5.69. The molecule has 0 fully saturated rings. The minimum absolute atomic E-state index is 0.265. The van der Waals surface area contributed by atoms with Gasteiger partial charge in [0.15, 0.2) is 6.10 Å². The summed E-state index contributed by atoms with van der Waals surface area (Å²) in [5.41, 5.74) is 2.08. The Bertz CT molecular complexity index is 770. The Morgan fingerprint density at radius 2 is 1.81 bits per heavy atom. The molecule has 0 radical (unpaired) electrons. The minimum atomic E-state index is -0.716. The lowest BCUT2D eigenvalue weighted by Gasteiger charge is -2.14. The zero-order valence-electron chi connectivity index (χ0n) is 15.4. The third-order valence-corrected chi connectivity index (χ3v) is 3.65. The van der Waals surface area contributed by atoms with Crippen LogP contribution in [0.4, 0.5) is 5.69 Å². The number of nitrogens with one attached hydrogen (secondary N) is 1. The van der Waals surface area contributed by atoms with Gasteiger partial charge in [-0.2, -0.15) is 0 Å². The largest absolute Gasteiger partial charge is 0.495 e. The van der Waals surface area contributed by atoms with E-state index in [4.69, 9.17) is 14.2 Å². The van der Waals surface area contributed by atoms with Gasteiger partial charge in [0.05, 0.1) is 19.4 Å². The molecule has 1 amide bonds. The maximum absolute atomic E-state index is 12.4.